The van der Waals surface area contributed by atoms with E-state index >= 15 is 0 Å². The molecule has 1 aromatic rings. The molecule has 0 radical (unpaired) electrons. The number of ether oxygens (including phenoxy) is 1. The average Bonchev–Trinajstić information content (AvgIpc) is 2.93. The van der Waals surface area contributed by atoms with Gasteiger partial charge in [0.05, 0.1) is 0 Å². The van der Waals surface area contributed by atoms with Gasteiger partial charge in [0.15, 0.2) is 11.5 Å². The Morgan fingerprint density at radius 3 is 2.60 bits per heavy atom. The van der Waals surface area contributed by atoms with E-state index in [0.717, 1.165) is 28.2 Å². The SMILES string of the molecule is C=CCc1c(O)c(C)c2c(c1C(C)C)O2. The number of rotatable bonds is 3. The predicted octanol–water partition coefficient (Wildman–Crippen LogP) is 3.66. The summed E-state index contributed by atoms with van der Waals surface area (Å²) in [6, 6.07) is 0. The van der Waals surface area contributed by atoms with E-state index in [0.29, 0.717) is 18.1 Å². The van der Waals surface area contributed by atoms with E-state index in [2.05, 4.69) is 20.4 Å². The highest BCUT2D eigenvalue weighted by atomic mass is 16.6. The maximum Gasteiger partial charge on any atom is 0.177 e. The lowest BCUT2D eigenvalue weighted by molar-refractivity contribution is 0.464. The lowest BCUT2D eigenvalue weighted by Crippen LogP contribution is -1.94. The molecule has 0 saturated heterocycles. The summed E-state index contributed by atoms with van der Waals surface area (Å²) in [5.41, 5.74) is 2.95. The van der Waals surface area contributed by atoms with Crippen LogP contribution in [-0.2, 0) is 6.42 Å². The monoisotopic (exact) mass is 204 g/mol. The molecule has 1 aliphatic rings. The van der Waals surface area contributed by atoms with E-state index in [1.165, 1.54) is 0 Å². The molecule has 0 unspecified atom stereocenters. The minimum atomic E-state index is 0.364. The molecule has 0 spiro atoms. The second-order valence-electron chi connectivity index (χ2n) is 4.27. The Labute approximate surface area is 90.2 Å². The van der Waals surface area contributed by atoms with Crippen LogP contribution in [0.4, 0.5) is 0 Å². The normalized spacial score (nSPS) is 12.3. The molecule has 1 aromatic carbocycles. The molecule has 0 bridgehead atoms. The standard InChI is InChI=1S/C13H16O2/c1-5-6-9-10(7(2)3)13-12(15-13)8(4)11(9)14/h5,7,14H,1,6H2,2-4H3. The molecule has 0 atom stereocenters. The number of allylic oxidation sites excluding steroid dienone is 1. The average molecular weight is 204 g/mol. The molecule has 1 heterocycles. The van der Waals surface area contributed by atoms with Crippen molar-refractivity contribution >= 4 is 0 Å². The predicted molar refractivity (Wildman–Crippen MR) is 60.9 cm³/mol. The van der Waals surface area contributed by atoms with Gasteiger partial charge in [-0.2, -0.15) is 0 Å². The fourth-order valence-electron chi connectivity index (χ4n) is 2.06. The van der Waals surface area contributed by atoms with Crippen LogP contribution < -0.4 is 4.74 Å². The Morgan fingerprint density at radius 2 is 2.07 bits per heavy atom. The van der Waals surface area contributed by atoms with Crippen LogP contribution in [0.25, 0.3) is 0 Å². The molecule has 1 aliphatic heterocycles. The van der Waals surface area contributed by atoms with Gasteiger partial charge in [0, 0.05) is 16.7 Å². The van der Waals surface area contributed by atoms with Gasteiger partial charge < -0.3 is 9.84 Å². The molecule has 2 heteroatoms. The second-order valence-corrected chi connectivity index (χ2v) is 4.27. The molecule has 0 aromatic heterocycles. The Morgan fingerprint density at radius 1 is 1.40 bits per heavy atom. The zero-order valence-corrected chi connectivity index (χ0v) is 9.42. The lowest BCUT2D eigenvalue weighted by atomic mass is 9.92. The van der Waals surface area contributed by atoms with E-state index < -0.39 is 0 Å². The van der Waals surface area contributed by atoms with Gasteiger partial charge in [0.25, 0.3) is 0 Å². The number of hydrogen-bond donors (Lipinski definition) is 1. The highest BCUT2D eigenvalue weighted by Crippen LogP contribution is 2.57. The van der Waals surface area contributed by atoms with Gasteiger partial charge >= 0.3 is 0 Å². The number of aromatic hydroxyl groups is 1. The summed E-state index contributed by atoms with van der Waals surface area (Å²) in [7, 11) is 0. The van der Waals surface area contributed by atoms with Gasteiger partial charge in [0.1, 0.15) is 5.75 Å². The summed E-state index contributed by atoms with van der Waals surface area (Å²) in [5.74, 6) is 2.57. The zero-order valence-electron chi connectivity index (χ0n) is 9.42. The summed E-state index contributed by atoms with van der Waals surface area (Å²) >= 11 is 0. The maximum atomic E-state index is 10.0. The smallest absolute Gasteiger partial charge is 0.177 e. The summed E-state index contributed by atoms with van der Waals surface area (Å²) in [6.45, 7) is 9.83. The largest absolute Gasteiger partial charge is 0.507 e. The third kappa shape index (κ3) is 1.41. The van der Waals surface area contributed by atoms with Gasteiger partial charge in [-0.3, -0.25) is 0 Å². The molecule has 0 fully saturated rings. The highest BCUT2D eigenvalue weighted by molar-refractivity contribution is 5.71. The topological polar surface area (TPSA) is 32.8 Å². The summed E-state index contributed by atoms with van der Waals surface area (Å²) < 4.78 is 5.43. The maximum absolute atomic E-state index is 10.0. The van der Waals surface area contributed by atoms with Crippen LogP contribution in [0.15, 0.2) is 12.7 Å². The van der Waals surface area contributed by atoms with E-state index in [9.17, 15) is 5.11 Å². The van der Waals surface area contributed by atoms with Gasteiger partial charge in [-0.05, 0) is 19.3 Å². The minimum absolute atomic E-state index is 0.364. The molecule has 0 aliphatic carbocycles. The summed E-state index contributed by atoms with van der Waals surface area (Å²) in [6.07, 6.45) is 2.51. The first-order valence-corrected chi connectivity index (χ1v) is 5.25. The van der Waals surface area contributed by atoms with E-state index in [4.69, 9.17) is 4.74 Å². The van der Waals surface area contributed by atoms with Crippen molar-refractivity contribution in [3.63, 3.8) is 0 Å². The number of phenolic OH excluding ortho intramolecular Hbond substituents is 1. The quantitative estimate of drug-likeness (QED) is 0.611. The molecule has 2 rings (SSSR count). The third-order valence-corrected chi connectivity index (χ3v) is 2.85. The minimum Gasteiger partial charge on any atom is -0.507 e. The van der Waals surface area contributed by atoms with Crippen LogP contribution >= 0.6 is 0 Å². The summed E-state index contributed by atoms with van der Waals surface area (Å²) in [5, 5.41) is 10.0. The van der Waals surface area contributed by atoms with Gasteiger partial charge in [0.2, 0.25) is 0 Å². The van der Waals surface area contributed by atoms with Crippen LogP contribution in [-0.4, -0.2) is 5.11 Å². The Kier molecular flexibility index (Phi) is 2.22. The first kappa shape index (κ1) is 10.1. The van der Waals surface area contributed by atoms with Crippen LogP contribution in [0.3, 0.4) is 0 Å². The second kappa shape index (κ2) is 3.30. The van der Waals surface area contributed by atoms with Crippen LogP contribution in [0.1, 0.15) is 36.5 Å². The van der Waals surface area contributed by atoms with Crippen LogP contribution in [0.2, 0.25) is 0 Å². The van der Waals surface area contributed by atoms with Crippen molar-refractivity contribution in [2.45, 2.75) is 33.1 Å². The fraction of sp³-hybridized carbons (Fsp3) is 0.385. The van der Waals surface area contributed by atoms with Crippen molar-refractivity contribution in [3.8, 4) is 17.2 Å². The van der Waals surface area contributed by atoms with Gasteiger partial charge in [-0.1, -0.05) is 19.9 Å². The third-order valence-electron chi connectivity index (χ3n) is 2.85. The molecule has 80 valence electrons. The first-order chi connectivity index (χ1) is 7.07. The number of fused-ring (bicyclic) bond motifs is 1. The Balaban J connectivity index is 2.64. The van der Waals surface area contributed by atoms with Crippen molar-refractivity contribution in [2.75, 3.05) is 0 Å². The molecule has 0 amide bonds. The molecular weight excluding hydrogens is 188 g/mol. The van der Waals surface area contributed by atoms with Crippen molar-refractivity contribution in [1.29, 1.82) is 0 Å². The zero-order chi connectivity index (χ0) is 11.2. The van der Waals surface area contributed by atoms with Crippen molar-refractivity contribution in [2.24, 2.45) is 0 Å². The molecule has 15 heavy (non-hydrogen) atoms. The van der Waals surface area contributed by atoms with E-state index in [-0.39, 0.29) is 0 Å². The number of benzene rings is 1. The van der Waals surface area contributed by atoms with Crippen molar-refractivity contribution < 1.29 is 9.84 Å². The first-order valence-electron chi connectivity index (χ1n) is 5.25. The van der Waals surface area contributed by atoms with Gasteiger partial charge in [-0.25, -0.2) is 0 Å². The molecule has 2 nitrogen and oxygen atoms in total. The van der Waals surface area contributed by atoms with Gasteiger partial charge in [-0.15, -0.1) is 6.58 Å². The molecule has 0 saturated carbocycles. The van der Waals surface area contributed by atoms with E-state index in [1.54, 1.807) is 0 Å². The highest BCUT2D eigenvalue weighted by Gasteiger charge is 2.33. The number of phenols is 1. The molecule has 1 N–H and O–H groups in total. The van der Waals surface area contributed by atoms with Crippen molar-refractivity contribution in [3.05, 3.63) is 29.3 Å². The molecular formula is C13H16O2. The fourth-order valence-corrected chi connectivity index (χ4v) is 2.06. The number of hydrogen-bond acceptors (Lipinski definition) is 2. The lowest BCUT2D eigenvalue weighted by Gasteiger charge is -2.11. The summed E-state index contributed by atoms with van der Waals surface area (Å²) in [4.78, 5) is 0. The Bertz CT molecular complexity index is 431. The van der Waals surface area contributed by atoms with E-state index in [1.807, 2.05) is 13.0 Å². The van der Waals surface area contributed by atoms with Crippen molar-refractivity contribution in [1.82, 2.24) is 0 Å². The Hall–Kier alpha value is -1.44. The van der Waals surface area contributed by atoms with Crippen LogP contribution in [0, 0.1) is 6.92 Å². The van der Waals surface area contributed by atoms with Crippen LogP contribution in [0.5, 0.6) is 17.2 Å².